The molecule has 2 N–H and O–H groups in total. The first-order valence-corrected chi connectivity index (χ1v) is 7.88. The van der Waals surface area contributed by atoms with E-state index in [-0.39, 0.29) is 5.60 Å². The van der Waals surface area contributed by atoms with E-state index in [1.165, 1.54) is 12.8 Å². The second-order valence-electron chi connectivity index (χ2n) is 6.78. The van der Waals surface area contributed by atoms with E-state index in [2.05, 4.69) is 28.6 Å². The molecule has 2 aliphatic rings. The molecule has 1 aromatic heterocycles. The highest BCUT2D eigenvalue weighted by molar-refractivity contribution is 5.46. The van der Waals surface area contributed by atoms with Crippen LogP contribution in [0.5, 0.6) is 0 Å². The van der Waals surface area contributed by atoms with Crippen LogP contribution < -0.4 is 10.6 Å². The Bertz CT molecular complexity index is 466. The number of aromatic nitrogens is 1. The van der Waals surface area contributed by atoms with E-state index in [1.807, 2.05) is 12.1 Å². The van der Waals surface area contributed by atoms with Gasteiger partial charge in [-0.05, 0) is 38.8 Å². The molecule has 2 fully saturated rings. The molecule has 2 aliphatic heterocycles. The Balaban J connectivity index is 1.48. The first-order valence-electron chi connectivity index (χ1n) is 7.88. The standard InChI is InChI=1S/C16H26N4O/c1-16(2)6-5-14(21-16)12-19-7-9-20(10-8-19)15-4-3-13(17)11-18-15/h3-4,11,14H,5-10,12,17H2,1-2H3. The molecule has 0 aromatic carbocycles. The third-order valence-electron chi connectivity index (χ3n) is 4.48. The lowest BCUT2D eigenvalue weighted by atomic mass is 10.1. The average Bonchev–Trinajstić information content (AvgIpc) is 2.80. The number of pyridine rings is 1. The number of nitrogen functional groups attached to an aromatic ring is 1. The third kappa shape index (κ3) is 3.66. The van der Waals surface area contributed by atoms with Gasteiger partial charge in [0.15, 0.2) is 0 Å². The van der Waals surface area contributed by atoms with Crippen molar-refractivity contribution < 1.29 is 4.74 Å². The Labute approximate surface area is 127 Å². The highest BCUT2D eigenvalue weighted by atomic mass is 16.5. The number of hydrogen-bond acceptors (Lipinski definition) is 5. The predicted octanol–water partition coefficient (Wildman–Crippen LogP) is 1.74. The second-order valence-corrected chi connectivity index (χ2v) is 6.78. The molecule has 3 heterocycles. The van der Waals surface area contributed by atoms with Crippen molar-refractivity contribution in [3.63, 3.8) is 0 Å². The van der Waals surface area contributed by atoms with E-state index < -0.39 is 0 Å². The van der Waals surface area contributed by atoms with Crippen molar-refractivity contribution in [3.05, 3.63) is 18.3 Å². The van der Waals surface area contributed by atoms with Crippen LogP contribution in [0, 0.1) is 0 Å². The topological polar surface area (TPSA) is 54.6 Å². The van der Waals surface area contributed by atoms with Gasteiger partial charge in [0.25, 0.3) is 0 Å². The summed E-state index contributed by atoms with van der Waals surface area (Å²) in [5.74, 6) is 1.03. The van der Waals surface area contributed by atoms with Gasteiger partial charge in [0.2, 0.25) is 0 Å². The fraction of sp³-hybridized carbons (Fsp3) is 0.688. The molecule has 0 spiro atoms. The van der Waals surface area contributed by atoms with Crippen LogP contribution in [-0.2, 0) is 4.74 Å². The molecule has 2 saturated heterocycles. The van der Waals surface area contributed by atoms with Crippen LogP contribution in [0.1, 0.15) is 26.7 Å². The van der Waals surface area contributed by atoms with Gasteiger partial charge < -0.3 is 15.4 Å². The Morgan fingerprint density at radius 2 is 2.05 bits per heavy atom. The summed E-state index contributed by atoms with van der Waals surface area (Å²) in [7, 11) is 0. The Morgan fingerprint density at radius 1 is 1.29 bits per heavy atom. The molecule has 0 bridgehead atoms. The van der Waals surface area contributed by atoms with Gasteiger partial charge in [-0.3, -0.25) is 4.90 Å². The summed E-state index contributed by atoms with van der Waals surface area (Å²) in [5, 5.41) is 0. The minimum Gasteiger partial charge on any atom is -0.397 e. The van der Waals surface area contributed by atoms with Crippen LogP contribution in [0.25, 0.3) is 0 Å². The molecule has 0 amide bonds. The van der Waals surface area contributed by atoms with Crippen molar-refractivity contribution in [2.45, 2.75) is 38.4 Å². The Morgan fingerprint density at radius 3 is 2.62 bits per heavy atom. The molecular weight excluding hydrogens is 264 g/mol. The van der Waals surface area contributed by atoms with Crippen LogP contribution in [-0.4, -0.2) is 54.3 Å². The number of anilines is 2. The minimum absolute atomic E-state index is 0.0698. The van der Waals surface area contributed by atoms with E-state index in [0.717, 1.165) is 44.2 Å². The fourth-order valence-electron chi connectivity index (χ4n) is 3.24. The van der Waals surface area contributed by atoms with Crippen molar-refractivity contribution in [2.24, 2.45) is 0 Å². The average molecular weight is 290 g/mol. The van der Waals surface area contributed by atoms with Gasteiger partial charge in [0.1, 0.15) is 5.82 Å². The largest absolute Gasteiger partial charge is 0.397 e. The lowest BCUT2D eigenvalue weighted by Crippen LogP contribution is -2.49. The van der Waals surface area contributed by atoms with Gasteiger partial charge in [-0.15, -0.1) is 0 Å². The molecule has 1 aromatic rings. The van der Waals surface area contributed by atoms with Gasteiger partial charge in [0.05, 0.1) is 23.6 Å². The monoisotopic (exact) mass is 290 g/mol. The lowest BCUT2D eigenvalue weighted by molar-refractivity contribution is -0.0291. The molecule has 1 atom stereocenters. The first kappa shape index (κ1) is 14.6. The molecule has 0 aliphatic carbocycles. The first-order chi connectivity index (χ1) is 10.0. The Hall–Kier alpha value is -1.33. The van der Waals surface area contributed by atoms with Gasteiger partial charge in [-0.1, -0.05) is 0 Å². The van der Waals surface area contributed by atoms with Crippen molar-refractivity contribution >= 4 is 11.5 Å². The number of rotatable bonds is 3. The molecule has 0 saturated carbocycles. The van der Waals surface area contributed by atoms with Crippen molar-refractivity contribution in [3.8, 4) is 0 Å². The Kier molecular flexibility index (Phi) is 4.04. The zero-order valence-electron chi connectivity index (χ0n) is 13.1. The summed E-state index contributed by atoms with van der Waals surface area (Å²) in [4.78, 5) is 9.25. The van der Waals surface area contributed by atoms with Crippen molar-refractivity contribution in [1.82, 2.24) is 9.88 Å². The smallest absolute Gasteiger partial charge is 0.128 e. The molecule has 1 unspecified atom stereocenters. The number of ether oxygens (including phenoxy) is 1. The normalized spacial score (nSPS) is 26.2. The molecule has 21 heavy (non-hydrogen) atoms. The van der Waals surface area contributed by atoms with Crippen molar-refractivity contribution in [1.29, 1.82) is 0 Å². The van der Waals surface area contributed by atoms with Gasteiger partial charge in [-0.25, -0.2) is 4.98 Å². The van der Waals surface area contributed by atoms with Crippen LogP contribution in [0.2, 0.25) is 0 Å². The van der Waals surface area contributed by atoms with Crippen LogP contribution in [0.3, 0.4) is 0 Å². The number of nitrogens with zero attached hydrogens (tertiary/aromatic N) is 3. The molecular formula is C16H26N4O. The van der Waals surface area contributed by atoms with Crippen LogP contribution in [0.4, 0.5) is 11.5 Å². The zero-order chi connectivity index (χ0) is 14.9. The minimum atomic E-state index is 0.0698. The van der Waals surface area contributed by atoms with Crippen molar-refractivity contribution in [2.75, 3.05) is 43.4 Å². The summed E-state index contributed by atoms with van der Waals surface area (Å²) in [5.41, 5.74) is 6.48. The number of hydrogen-bond donors (Lipinski definition) is 1. The quantitative estimate of drug-likeness (QED) is 0.919. The summed E-state index contributed by atoms with van der Waals surface area (Å²) in [6, 6.07) is 3.93. The molecule has 0 radical (unpaired) electrons. The van der Waals surface area contributed by atoms with E-state index in [1.54, 1.807) is 6.20 Å². The van der Waals surface area contributed by atoms with Gasteiger partial charge in [0, 0.05) is 32.7 Å². The molecule has 116 valence electrons. The van der Waals surface area contributed by atoms with Crippen LogP contribution in [0.15, 0.2) is 18.3 Å². The van der Waals surface area contributed by atoms with E-state index in [0.29, 0.717) is 6.10 Å². The SMILES string of the molecule is CC1(C)CCC(CN2CCN(c3ccc(N)cn3)CC2)O1. The molecule has 3 rings (SSSR count). The maximum absolute atomic E-state index is 6.09. The number of nitrogens with two attached hydrogens (primary N) is 1. The summed E-state index contributed by atoms with van der Waals surface area (Å²) >= 11 is 0. The third-order valence-corrected chi connectivity index (χ3v) is 4.48. The highest BCUT2D eigenvalue weighted by Crippen LogP contribution is 2.30. The highest BCUT2D eigenvalue weighted by Gasteiger charge is 2.33. The van der Waals surface area contributed by atoms with Gasteiger partial charge in [-0.2, -0.15) is 0 Å². The molecule has 5 heteroatoms. The fourth-order valence-corrected chi connectivity index (χ4v) is 3.24. The summed E-state index contributed by atoms with van der Waals surface area (Å²) in [6.45, 7) is 9.64. The lowest BCUT2D eigenvalue weighted by Gasteiger charge is -2.36. The summed E-state index contributed by atoms with van der Waals surface area (Å²) < 4.78 is 6.09. The second kappa shape index (κ2) is 5.81. The number of piperazine rings is 1. The molecule has 5 nitrogen and oxygen atoms in total. The zero-order valence-corrected chi connectivity index (χ0v) is 13.1. The predicted molar refractivity (Wildman–Crippen MR) is 85.5 cm³/mol. The maximum Gasteiger partial charge on any atom is 0.128 e. The van der Waals surface area contributed by atoms with E-state index in [4.69, 9.17) is 10.5 Å². The van der Waals surface area contributed by atoms with Gasteiger partial charge >= 0.3 is 0 Å². The summed E-state index contributed by atoms with van der Waals surface area (Å²) in [6.07, 6.45) is 4.50. The van der Waals surface area contributed by atoms with E-state index >= 15 is 0 Å². The van der Waals surface area contributed by atoms with E-state index in [9.17, 15) is 0 Å². The maximum atomic E-state index is 6.09. The van der Waals surface area contributed by atoms with Crippen LogP contribution >= 0.6 is 0 Å².